The average molecular weight is 614 g/mol. The lowest BCUT2D eigenvalue weighted by molar-refractivity contribution is -0.141. The molecule has 1 aromatic carbocycles. The summed E-state index contributed by atoms with van der Waals surface area (Å²) < 4.78 is 7.41. The van der Waals surface area contributed by atoms with Crippen LogP contribution in [-0.2, 0) is 19.1 Å². The van der Waals surface area contributed by atoms with Gasteiger partial charge in [0.05, 0.1) is 17.9 Å². The maximum absolute atomic E-state index is 14.1. The Morgan fingerprint density at radius 1 is 1.02 bits per heavy atom. The van der Waals surface area contributed by atoms with E-state index in [1.807, 2.05) is 36.4 Å². The van der Waals surface area contributed by atoms with E-state index in [0.29, 0.717) is 12.2 Å². The molecule has 1 spiro atoms. The molecule has 8 nitrogen and oxygen atoms in total. The van der Waals surface area contributed by atoms with Crippen LogP contribution < -0.4 is 10.6 Å². The fourth-order valence-corrected chi connectivity index (χ4v) is 7.81. The summed E-state index contributed by atoms with van der Waals surface area (Å²) in [5.41, 5.74) is -0.443. The molecule has 6 rings (SSSR count). The first-order chi connectivity index (χ1) is 19.4. The third kappa shape index (κ3) is 5.25. The molecule has 1 aliphatic carbocycles. The number of rotatable bonds is 8. The van der Waals surface area contributed by atoms with Crippen molar-refractivity contribution < 1.29 is 19.1 Å². The number of anilines is 1. The van der Waals surface area contributed by atoms with E-state index in [4.69, 9.17) is 4.74 Å². The lowest BCUT2D eigenvalue weighted by atomic mass is 9.74. The number of piperidine rings is 1. The van der Waals surface area contributed by atoms with Gasteiger partial charge >= 0.3 is 0 Å². The van der Waals surface area contributed by atoms with Crippen molar-refractivity contribution >= 4 is 39.3 Å². The van der Waals surface area contributed by atoms with Crippen molar-refractivity contribution in [3.8, 4) is 0 Å². The summed E-state index contributed by atoms with van der Waals surface area (Å²) in [4.78, 5) is 45.9. The molecule has 5 aliphatic rings. The number of carbonyl (C=O) groups is 3. The highest BCUT2D eigenvalue weighted by atomic mass is 79.9. The molecule has 2 N–H and O–H groups in total. The van der Waals surface area contributed by atoms with Crippen LogP contribution in [-0.4, -0.2) is 77.5 Å². The number of amides is 3. The largest absolute Gasteiger partial charge is 0.359 e. The van der Waals surface area contributed by atoms with Gasteiger partial charge in [-0.15, -0.1) is 0 Å². The highest BCUT2D eigenvalue weighted by Gasteiger charge is 2.72. The second-order valence-electron chi connectivity index (χ2n) is 12.5. The SMILES string of the molecule is CC1CCN(CCCN2C(=O)[C@@H]3[C@H](C(=O)Nc4ccc(Br)cc4)[C@@H]4C=C[C@@]3(O4)[C@@H]2C(=O)NC2CCCCC2)CC1. The van der Waals surface area contributed by atoms with Crippen molar-refractivity contribution in [3.63, 3.8) is 0 Å². The number of likely N-dealkylation sites (tertiary alicyclic amines) is 2. The summed E-state index contributed by atoms with van der Waals surface area (Å²) in [6.07, 6.45) is 11.8. The summed E-state index contributed by atoms with van der Waals surface area (Å²) in [6.45, 7) is 5.85. The highest BCUT2D eigenvalue weighted by Crippen LogP contribution is 2.55. The van der Waals surface area contributed by atoms with Gasteiger partial charge in [0, 0.05) is 22.7 Å². The van der Waals surface area contributed by atoms with Crippen LogP contribution in [0.15, 0.2) is 40.9 Å². The molecule has 4 aliphatic heterocycles. The predicted octanol–water partition coefficient (Wildman–Crippen LogP) is 4.11. The van der Waals surface area contributed by atoms with Crippen molar-refractivity contribution in [1.82, 2.24) is 15.1 Å². The number of fused-ring (bicyclic) bond motifs is 1. The second kappa shape index (κ2) is 11.6. The van der Waals surface area contributed by atoms with Gasteiger partial charge in [-0.2, -0.15) is 0 Å². The molecule has 0 unspecified atom stereocenters. The average Bonchev–Trinajstić information content (AvgIpc) is 3.59. The van der Waals surface area contributed by atoms with Crippen LogP contribution in [0.3, 0.4) is 0 Å². The molecule has 216 valence electrons. The second-order valence-corrected chi connectivity index (χ2v) is 13.4. The van der Waals surface area contributed by atoms with E-state index in [-0.39, 0.29) is 23.8 Å². The van der Waals surface area contributed by atoms with Gasteiger partial charge in [-0.1, -0.05) is 54.3 Å². The Labute approximate surface area is 245 Å². The first-order valence-corrected chi connectivity index (χ1v) is 15.9. The summed E-state index contributed by atoms with van der Waals surface area (Å²) in [7, 11) is 0. The zero-order valence-corrected chi connectivity index (χ0v) is 24.9. The summed E-state index contributed by atoms with van der Waals surface area (Å²) in [5, 5.41) is 6.26. The number of hydrogen-bond acceptors (Lipinski definition) is 5. The molecule has 1 saturated carbocycles. The van der Waals surface area contributed by atoms with E-state index in [1.54, 1.807) is 4.90 Å². The van der Waals surface area contributed by atoms with E-state index >= 15 is 0 Å². The Balaban J connectivity index is 1.22. The van der Waals surface area contributed by atoms with Gasteiger partial charge in [0.2, 0.25) is 17.7 Å². The molecule has 2 bridgehead atoms. The van der Waals surface area contributed by atoms with E-state index < -0.39 is 29.6 Å². The minimum atomic E-state index is -1.11. The fraction of sp³-hybridized carbons (Fsp3) is 0.645. The number of ether oxygens (including phenoxy) is 1. The third-order valence-corrected chi connectivity index (χ3v) is 10.3. The van der Waals surface area contributed by atoms with Crippen LogP contribution in [0.25, 0.3) is 0 Å². The van der Waals surface area contributed by atoms with Gasteiger partial charge in [-0.25, -0.2) is 0 Å². The van der Waals surface area contributed by atoms with Crippen LogP contribution in [0.4, 0.5) is 5.69 Å². The third-order valence-electron chi connectivity index (χ3n) is 9.74. The quantitative estimate of drug-likeness (QED) is 0.431. The minimum absolute atomic E-state index is 0.128. The number of nitrogens with zero attached hydrogens (tertiary/aromatic N) is 2. The normalized spacial score (nSPS) is 32.5. The van der Waals surface area contributed by atoms with E-state index in [9.17, 15) is 14.4 Å². The van der Waals surface area contributed by atoms with Crippen molar-refractivity contribution in [2.24, 2.45) is 17.8 Å². The standard InChI is InChI=1S/C31H41BrN4O4/c1-20-13-18-35(19-14-20)16-5-17-36-27(29(38)34-22-6-3-2-4-7-22)31-15-12-24(40-31)25(26(31)30(36)39)28(37)33-23-10-8-21(32)9-11-23/h8-12,15,20,22,24-27H,2-7,13-14,16-19H2,1H3,(H,33,37)(H,34,38)/t24-,25+,26-,27-,31-/m0/s1. The number of carbonyl (C=O) groups excluding carboxylic acids is 3. The number of benzene rings is 1. The lowest BCUT2D eigenvalue weighted by Crippen LogP contribution is -2.56. The van der Waals surface area contributed by atoms with Crippen LogP contribution in [0.1, 0.15) is 58.3 Å². The highest BCUT2D eigenvalue weighted by molar-refractivity contribution is 9.10. The van der Waals surface area contributed by atoms with Gasteiger partial charge in [-0.3, -0.25) is 14.4 Å². The van der Waals surface area contributed by atoms with Crippen molar-refractivity contribution in [3.05, 3.63) is 40.9 Å². The van der Waals surface area contributed by atoms with Gasteiger partial charge in [0.25, 0.3) is 0 Å². The van der Waals surface area contributed by atoms with E-state index in [0.717, 1.165) is 62.1 Å². The molecule has 4 heterocycles. The van der Waals surface area contributed by atoms with Gasteiger partial charge in [0.15, 0.2) is 0 Å². The van der Waals surface area contributed by atoms with Gasteiger partial charge < -0.3 is 25.2 Å². The minimum Gasteiger partial charge on any atom is -0.359 e. The molecule has 3 amide bonds. The Morgan fingerprint density at radius 3 is 2.48 bits per heavy atom. The molecular formula is C31H41BrN4O4. The zero-order chi connectivity index (χ0) is 27.9. The van der Waals surface area contributed by atoms with Crippen molar-refractivity contribution in [2.45, 2.75) is 82.1 Å². The van der Waals surface area contributed by atoms with Crippen LogP contribution in [0.5, 0.6) is 0 Å². The van der Waals surface area contributed by atoms with Crippen LogP contribution in [0, 0.1) is 17.8 Å². The molecule has 1 aromatic rings. The molecule has 0 aromatic heterocycles. The lowest BCUT2D eigenvalue weighted by Gasteiger charge is -2.35. The van der Waals surface area contributed by atoms with Crippen LogP contribution >= 0.6 is 15.9 Å². The van der Waals surface area contributed by atoms with E-state index in [1.165, 1.54) is 19.3 Å². The Bertz CT molecular complexity index is 1140. The number of halogens is 1. The van der Waals surface area contributed by atoms with Crippen molar-refractivity contribution in [1.29, 1.82) is 0 Å². The molecule has 40 heavy (non-hydrogen) atoms. The Kier molecular flexibility index (Phi) is 8.07. The molecule has 4 fully saturated rings. The molecule has 5 atom stereocenters. The smallest absolute Gasteiger partial charge is 0.246 e. The Morgan fingerprint density at radius 2 is 1.75 bits per heavy atom. The monoisotopic (exact) mass is 612 g/mol. The molecular weight excluding hydrogens is 572 g/mol. The number of hydrogen-bond donors (Lipinski definition) is 2. The first kappa shape index (κ1) is 27.9. The van der Waals surface area contributed by atoms with E-state index in [2.05, 4.69) is 38.4 Å². The van der Waals surface area contributed by atoms with Crippen LogP contribution in [0.2, 0.25) is 0 Å². The predicted molar refractivity (Wildman–Crippen MR) is 156 cm³/mol. The summed E-state index contributed by atoms with van der Waals surface area (Å²) in [5.74, 6) is -1.15. The number of nitrogens with one attached hydrogen (secondary N) is 2. The maximum Gasteiger partial charge on any atom is 0.246 e. The fourth-order valence-electron chi connectivity index (χ4n) is 7.54. The summed E-state index contributed by atoms with van der Waals surface area (Å²) >= 11 is 3.43. The molecule has 0 radical (unpaired) electrons. The zero-order valence-electron chi connectivity index (χ0n) is 23.3. The topological polar surface area (TPSA) is 91.0 Å². The first-order valence-electron chi connectivity index (χ1n) is 15.1. The van der Waals surface area contributed by atoms with Gasteiger partial charge in [0.1, 0.15) is 11.6 Å². The van der Waals surface area contributed by atoms with Gasteiger partial charge in [-0.05, 0) is 81.9 Å². The maximum atomic E-state index is 14.1. The molecule has 3 saturated heterocycles. The summed E-state index contributed by atoms with van der Waals surface area (Å²) in [6, 6.07) is 6.75. The van der Waals surface area contributed by atoms with Crippen molar-refractivity contribution in [2.75, 3.05) is 31.5 Å². The molecule has 9 heteroatoms. The Hall–Kier alpha value is -2.23.